The van der Waals surface area contributed by atoms with Gasteiger partial charge in [0.25, 0.3) is 0 Å². The van der Waals surface area contributed by atoms with Gasteiger partial charge in [0, 0.05) is 7.05 Å². The minimum absolute atomic E-state index is 0.589. The van der Waals surface area contributed by atoms with E-state index in [9.17, 15) is 4.79 Å². The van der Waals surface area contributed by atoms with Crippen LogP contribution in [0.25, 0.3) is 0 Å². The molecule has 0 N–H and O–H groups in total. The molecule has 0 unspecified atom stereocenters. The van der Waals surface area contributed by atoms with Gasteiger partial charge < -0.3 is 0 Å². The van der Waals surface area contributed by atoms with Crippen molar-refractivity contribution in [1.82, 2.24) is 0 Å². The van der Waals surface area contributed by atoms with Crippen molar-refractivity contribution < 1.29 is 4.79 Å². The molecule has 0 fully saturated rings. The van der Waals surface area contributed by atoms with Gasteiger partial charge in [0.2, 0.25) is 0 Å². The van der Waals surface area contributed by atoms with Crippen LogP contribution in [-0.4, -0.2) is 13.0 Å². The third-order valence-corrected chi connectivity index (χ3v) is 2.60. The molecule has 0 aliphatic heterocycles. The van der Waals surface area contributed by atoms with E-state index in [0.29, 0.717) is 9.34 Å². The third-order valence-electron chi connectivity index (χ3n) is 1.29. The molecule has 1 heterocycles. The number of carbonyl (C=O) groups excluding carboxylic acids is 1. The molecule has 62 valence electrons. The Balaban J connectivity index is 2.86. The maximum absolute atomic E-state index is 10.8. The molecule has 12 heavy (non-hydrogen) atoms. The number of hydrogen-bond donors (Lipinski definition) is 0. The first-order chi connectivity index (χ1) is 5.65. The van der Waals surface area contributed by atoms with Crippen molar-refractivity contribution in [3.05, 3.63) is 16.5 Å². The van der Waals surface area contributed by atoms with E-state index in [2.05, 4.69) is 0 Å². The van der Waals surface area contributed by atoms with Crippen molar-refractivity contribution in [2.45, 2.75) is 0 Å². The molecule has 0 saturated heterocycles. The van der Waals surface area contributed by atoms with Crippen molar-refractivity contribution in [3.8, 4) is 6.07 Å². The number of rotatable bonds is 1. The van der Waals surface area contributed by atoms with E-state index < -0.39 is 5.91 Å². The van der Waals surface area contributed by atoms with Crippen LogP contribution in [0.3, 0.4) is 0 Å². The van der Waals surface area contributed by atoms with Gasteiger partial charge in [0.15, 0.2) is 6.07 Å². The smallest absolute Gasteiger partial charge is 0.294 e. The van der Waals surface area contributed by atoms with Gasteiger partial charge in [-0.05, 0) is 12.1 Å². The van der Waals surface area contributed by atoms with Gasteiger partial charge in [0.05, 0.1) is 9.34 Å². The number of carbonyl (C=O) groups is 1. The number of nitriles is 1. The molecule has 0 spiro atoms. The van der Waals surface area contributed by atoms with Crippen LogP contribution in [0.4, 0.5) is 5.00 Å². The molecule has 0 bridgehead atoms. The fourth-order valence-electron chi connectivity index (χ4n) is 0.660. The van der Waals surface area contributed by atoms with Gasteiger partial charge in [-0.3, -0.25) is 9.69 Å². The van der Waals surface area contributed by atoms with E-state index >= 15 is 0 Å². The molecule has 5 heteroatoms. The quantitative estimate of drug-likeness (QED) is 0.650. The summed E-state index contributed by atoms with van der Waals surface area (Å²) in [6.45, 7) is 0. The average molecular weight is 201 g/mol. The van der Waals surface area contributed by atoms with Gasteiger partial charge in [0.1, 0.15) is 0 Å². The minimum Gasteiger partial charge on any atom is -0.294 e. The Labute approximate surface area is 78.8 Å². The second-order valence-corrected chi connectivity index (χ2v) is 3.75. The molecule has 0 atom stereocenters. The van der Waals surface area contributed by atoms with Crippen molar-refractivity contribution in [1.29, 1.82) is 5.26 Å². The summed E-state index contributed by atoms with van der Waals surface area (Å²) in [5, 5.41) is 8.98. The first-order valence-electron chi connectivity index (χ1n) is 3.08. The van der Waals surface area contributed by atoms with Crippen LogP contribution in [0, 0.1) is 11.3 Å². The number of hydrogen-bond acceptors (Lipinski definition) is 3. The predicted molar refractivity (Wildman–Crippen MR) is 48.4 cm³/mol. The molecule has 0 aliphatic rings. The van der Waals surface area contributed by atoms with E-state index in [0.717, 1.165) is 0 Å². The maximum atomic E-state index is 10.8. The number of anilines is 1. The van der Waals surface area contributed by atoms with Crippen LogP contribution >= 0.6 is 22.9 Å². The summed E-state index contributed by atoms with van der Waals surface area (Å²) in [4.78, 5) is 12.1. The fraction of sp³-hybridized carbons (Fsp3) is 0.143. The van der Waals surface area contributed by atoms with E-state index in [-0.39, 0.29) is 0 Å². The zero-order valence-corrected chi connectivity index (χ0v) is 7.82. The highest BCUT2D eigenvalue weighted by molar-refractivity contribution is 7.20. The summed E-state index contributed by atoms with van der Waals surface area (Å²) in [7, 11) is 1.54. The standard InChI is InChI=1S/C7H5ClN2OS/c1-10(6(11)4-9)7-3-2-5(8)12-7/h2-3H,1H3. The Morgan fingerprint density at radius 2 is 2.42 bits per heavy atom. The van der Waals surface area contributed by atoms with Crippen LogP contribution in [0.1, 0.15) is 0 Å². The molecule has 1 aromatic heterocycles. The number of nitrogens with zero attached hydrogens (tertiary/aromatic N) is 2. The molecule has 1 amide bonds. The van der Waals surface area contributed by atoms with Crippen LogP contribution < -0.4 is 4.90 Å². The summed E-state index contributed by atoms with van der Waals surface area (Å²) < 4.78 is 0.600. The van der Waals surface area contributed by atoms with Gasteiger partial charge >= 0.3 is 5.91 Å². The molecule has 1 rings (SSSR count). The van der Waals surface area contributed by atoms with Crippen LogP contribution in [-0.2, 0) is 4.79 Å². The Kier molecular flexibility index (Phi) is 2.69. The van der Waals surface area contributed by atoms with E-state index in [1.807, 2.05) is 0 Å². The number of halogens is 1. The lowest BCUT2D eigenvalue weighted by Gasteiger charge is -2.08. The molecule has 1 aromatic rings. The Morgan fingerprint density at radius 1 is 1.75 bits per heavy atom. The van der Waals surface area contributed by atoms with Crippen molar-refractivity contribution >= 4 is 33.8 Å². The topological polar surface area (TPSA) is 44.1 Å². The first kappa shape index (κ1) is 9.04. The monoisotopic (exact) mass is 200 g/mol. The lowest BCUT2D eigenvalue weighted by Crippen LogP contribution is -2.23. The molecular weight excluding hydrogens is 196 g/mol. The first-order valence-corrected chi connectivity index (χ1v) is 4.27. The van der Waals surface area contributed by atoms with Gasteiger partial charge in [-0.15, -0.1) is 11.3 Å². The average Bonchev–Trinajstić information content (AvgIpc) is 2.49. The van der Waals surface area contributed by atoms with Gasteiger partial charge in [-0.2, -0.15) is 5.26 Å². The van der Waals surface area contributed by atoms with E-state index in [4.69, 9.17) is 16.9 Å². The Morgan fingerprint density at radius 3 is 2.83 bits per heavy atom. The minimum atomic E-state index is -0.589. The molecular formula is C7H5ClN2OS. The third kappa shape index (κ3) is 1.76. The second kappa shape index (κ2) is 3.57. The van der Waals surface area contributed by atoms with Crippen LogP contribution in [0.5, 0.6) is 0 Å². The summed E-state index contributed by atoms with van der Waals surface area (Å²) in [5.41, 5.74) is 0. The van der Waals surface area contributed by atoms with Crippen molar-refractivity contribution in [3.63, 3.8) is 0 Å². The van der Waals surface area contributed by atoms with Crippen molar-refractivity contribution in [2.24, 2.45) is 0 Å². The van der Waals surface area contributed by atoms with Gasteiger partial charge in [-0.1, -0.05) is 11.6 Å². The second-order valence-electron chi connectivity index (χ2n) is 2.05. The lowest BCUT2D eigenvalue weighted by molar-refractivity contribution is -0.113. The fourth-order valence-corrected chi connectivity index (χ4v) is 1.65. The highest BCUT2D eigenvalue weighted by Gasteiger charge is 2.10. The normalized spacial score (nSPS) is 9.08. The summed E-state index contributed by atoms with van der Waals surface area (Å²) in [5.74, 6) is -0.589. The zero-order valence-electron chi connectivity index (χ0n) is 6.24. The SMILES string of the molecule is CN(C(=O)C#N)c1ccc(Cl)s1. The maximum Gasteiger partial charge on any atom is 0.329 e. The lowest BCUT2D eigenvalue weighted by atomic mass is 10.5. The number of thiophene rings is 1. The Bertz CT molecular complexity index is 341. The van der Waals surface area contributed by atoms with Crippen LogP contribution in [0.2, 0.25) is 4.34 Å². The van der Waals surface area contributed by atoms with Crippen molar-refractivity contribution in [2.75, 3.05) is 11.9 Å². The zero-order chi connectivity index (χ0) is 9.14. The van der Waals surface area contributed by atoms with Crippen LogP contribution in [0.15, 0.2) is 12.1 Å². The molecule has 0 saturated carbocycles. The summed E-state index contributed by atoms with van der Waals surface area (Å²) in [6, 6.07) is 4.90. The molecule has 0 radical (unpaired) electrons. The largest absolute Gasteiger partial charge is 0.329 e. The molecule has 0 aliphatic carbocycles. The van der Waals surface area contributed by atoms with Gasteiger partial charge in [-0.25, -0.2) is 0 Å². The molecule has 3 nitrogen and oxygen atoms in total. The van der Waals surface area contributed by atoms with E-state index in [1.165, 1.54) is 29.4 Å². The number of amides is 1. The predicted octanol–water partition coefficient (Wildman–Crippen LogP) is 1.89. The Hall–Kier alpha value is -1.05. The molecule has 0 aromatic carbocycles. The highest BCUT2D eigenvalue weighted by Crippen LogP contribution is 2.28. The highest BCUT2D eigenvalue weighted by atomic mass is 35.5. The summed E-state index contributed by atoms with van der Waals surface area (Å²) >= 11 is 6.91. The van der Waals surface area contributed by atoms with E-state index in [1.54, 1.807) is 12.1 Å². The summed E-state index contributed by atoms with van der Waals surface area (Å²) in [6.07, 6.45) is 0.